The number of nitrogens with zero attached hydrogens (tertiary/aromatic N) is 1. The number of allylic oxidation sites excluding steroid dienone is 2. The lowest BCUT2D eigenvalue weighted by Gasteiger charge is -2.48. The summed E-state index contributed by atoms with van der Waals surface area (Å²) in [7, 11) is 1.43. The molecule has 0 bridgehead atoms. The van der Waals surface area contributed by atoms with Gasteiger partial charge in [-0.05, 0) is 39.2 Å². The van der Waals surface area contributed by atoms with Gasteiger partial charge < -0.3 is 80.5 Å². The molecule has 13 N–H and O–H groups in total. The van der Waals surface area contributed by atoms with Crippen LogP contribution in [0.2, 0.25) is 0 Å². The maximum Gasteiger partial charge on any atom is 0.339 e. The minimum absolute atomic E-state index is 0.0170. The molecule has 4 rings (SSSR count). The van der Waals surface area contributed by atoms with Gasteiger partial charge in [0.1, 0.15) is 49.4 Å². The topological polar surface area (TPSA) is 309 Å². The highest BCUT2D eigenvalue weighted by Crippen LogP contribution is 2.39. The van der Waals surface area contributed by atoms with Crippen LogP contribution in [-0.2, 0) is 33.3 Å². The normalized spacial score (nSPS) is 30.4. The highest BCUT2D eigenvalue weighted by molar-refractivity contribution is 5.92. The molecule has 4 aliphatic rings. The van der Waals surface area contributed by atoms with Crippen LogP contribution in [0, 0.1) is 11.8 Å². The van der Waals surface area contributed by atoms with Crippen LogP contribution in [0.3, 0.4) is 0 Å². The number of carbonyl (C=O) groups excluding carboxylic acids is 1. The van der Waals surface area contributed by atoms with E-state index in [0.29, 0.717) is 29.7 Å². The first-order valence-electron chi connectivity index (χ1n) is 18.5. The van der Waals surface area contributed by atoms with E-state index >= 15 is 0 Å². The molecule has 0 aromatic heterocycles. The smallest absolute Gasteiger partial charge is 0.339 e. The number of carbonyl (C=O) groups is 2. The van der Waals surface area contributed by atoms with Crippen molar-refractivity contribution < 1.29 is 79.0 Å². The zero-order valence-corrected chi connectivity index (χ0v) is 31.2. The molecular formula is C36H56N5O15+. The standard InChI is InChI=1S/C36H55N5O15/c1-3-22-23(10-9-20-15-41(12-14-43)16-24(31(47)48)28(20)40-35(37)39-11-6-13-42)25(32(49)53-21-7-4-5-8-21)19-52-33(22)56-34-30(55-27(18-45)38-2)36(50,51)29(46)26(17-44)54-34/h3,9-10,15,19,21-23,26-27,29-30,33-34,38,42-46,50-51H,1,4-8,11-14,16-18H2,2H3,(H,47,48)(H3,37,39,40)/p+1/b10-9+/t22-,23+,26-,27-,29-,30+,33+,34+/m1/s1. The SMILES string of the molecule is C=C[C@H]1[C@H](O[C@@H]2O[C@H](CO)[C@@H](O)C(O)(O)[C@H]2O[C@H](CO)NC)OC=C(C(=O)OC2CCCC2)[C@H]1/C=C/C1=C[NH+](CCO)CC(C(=O)O)=C1NC(N)=NCCCO. The fourth-order valence-corrected chi connectivity index (χ4v) is 6.83. The summed E-state index contributed by atoms with van der Waals surface area (Å²) in [5.41, 5.74) is 6.50. The van der Waals surface area contributed by atoms with Crippen LogP contribution < -0.4 is 21.3 Å². The number of aliphatic imine (C=N–C) groups is 1. The van der Waals surface area contributed by atoms with E-state index in [1.54, 1.807) is 18.4 Å². The number of carboxylic acids is 1. The van der Waals surface area contributed by atoms with Crippen LogP contribution in [0.15, 0.2) is 64.7 Å². The summed E-state index contributed by atoms with van der Waals surface area (Å²) in [5.74, 6) is -7.04. The van der Waals surface area contributed by atoms with Gasteiger partial charge in [-0.2, -0.15) is 0 Å². The van der Waals surface area contributed by atoms with Crippen LogP contribution in [0.4, 0.5) is 0 Å². The predicted molar refractivity (Wildman–Crippen MR) is 194 cm³/mol. The lowest BCUT2D eigenvalue weighted by molar-refractivity contribution is -0.843. The largest absolute Gasteiger partial charge is 0.478 e. The van der Waals surface area contributed by atoms with Gasteiger partial charge in [-0.25, -0.2) is 9.59 Å². The fraction of sp³-hybridized carbons (Fsp3) is 0.639. The Morgan fingerprint density at radius 2 is 1.91 bits per heavy atom. The third-order valence-electron chi connectivity index (χ3n) is 9.89. The van der Waals surface area contributed by atoms with Crippen molar-refractivity contribution in [1.82, 2.24) is 10.6 Å². The number of hydrogen-bond acceptors (Lipinski definition) is 16. The minimum atomic E-state index is -3.07. The van der Waals surface area contributed by atoms with Gasteiger partial charge in [0.25, 0.3) is 0 Å². The molecule has 0 aromatic carbocycles. The summed E-state index contributed by atoms with van der Waals surface area (Å²) >= 11 is 0. The molecule has 314 valence electrons. The molecule has 1 aliphatic carbocycles. The van der Waals surface area contributed by atoms with Crippen molar-refractivity contribution in [3.8, 4) is 0 Å². The van der Waals surface area contributed by atoms with Gasteiger partial charge in [-0.15, -0.1) is 6.58 Å². The van der Waals surface area contributed by atoms with E-state index < -0.39 is 79.9 Å². The Labute approximate surface area is 323 Å². The second-order valence-corrected chi connectivity index (χ2v) is 13.7. The number of aliphatic hydroxyl groups is 7. The van der Waals surface area contributed by atoms with Crippen molar-refractivity contribution in [3.05, 3.63) is 59.7 Å². The second-order valence-electron chi connectivity index (χ2n) is 13.7. The summed E-state index contributed by atoms with van der Waals surface area (Å²) < 4.78 is 29.3. The summed E-state index contributed by atoms with van der Waals surface area (Å²) in [6, 6.07) is 0. The maximum atomic E-state index is 13.8. The summed E-state index contributed by atoms with van der Waals surface area (Å²) in [4.78, 5) is 31.0. The number of rotatable bonds is 19. The first-order chi connectivity index (χ1) is 26.8. The Bertz CT molecular complexity index is 1510. The van der Waals surface area contributed by atoms with E-state index in [0.717, 1.165) is 19.1 Å². The number of carboxylic acid groups (broad SMARTS) is 1. The molecule has 3 heterocycles. The summed E-state index contributed by atoms with van der Waals surface area (Å²) in [6.45, 7) is 2.39. The van der Waals surface area contributed by atoms with E-state index in [1.807, 2.05) is 0 Å². The van der Waals surface area contributed by atoms with Gasteiger partial charge >= 0.3 is 11.9 Å². The molecule has 0 radical (unpaired) electrons. The van der Waals surface area contributed by atoms with Gasteiger partial charge in [0, 0.05) is 19.1 Å². The number of guanidine groups is 1. The Hall–Kier alpha value is -3.77. The number of esters is 1. The third kappa shape index (κ3) is 11.0. The zero-order chi connectivity index (χ0) is 41.0. The van der Waals surface area contributed by atoms with Crippen LogP contribution in [0.1, 0.15) is 32.1 Å². The molecule has 0 spiro atoms. The number of ether oxygens (including phenoxy) is 5. The van der Waals surface area contributed by atoms with Crippen molar-refractivity contribution in [2.24, 2.45) is 22.6 Å². The van der Waals surface area contributed by atoms with Crippen LogP contribution >= 0.6 is 0 Å². The number of quaternary nitrogens is 1. The monoisotopic (exact) mass is 798 g/mol. The molecule has 2 fully saturated rings. The first-order valence-corrected chi connectivity index (χ1v) is 18.5. The number of nitrogens with one attached hydrogen (secondary N) is 3. The number of likely N-dealkylation sites (N-methyl/N-ethyl adjacent to an activating group) is 1. The highest BCUT2D eigenvalue weighted by Gasteiger charge is 2.58. The second kappa shape index (κ2) is 21.1. The Kier molecular flexibility index (Phi) is 16.9. The van der Waals surface area contributed by atoms with E-state index in [-0.39, 0.29) is 61.8 Å². The molecule has 3 aliphatic heterocycles. The quantitative estimate of drug-likeness (QED) is 0.0147. The number of aliphatic carboxylic acids is 1. The van der Waals surface area contributed by atoms with Gasteiger partial charge in [0.15, 0.2) is 18.4 Å². The number of aliphatic hydroxyl groups excluding tert-OH is 5. The van der Waals surface area contributed by atoms with Gasteiger partial charge in [-0.1, -0.05) is 18.2 Å². The van der Waals surface area contributed by atoms with Gasteiger partial charge in [-0.3, -0.25) is 10.3 Å². The molecule has 1 saturated heterocycles. The third-order valence-corrected chi connectivity index (χ3v) is 9.89. The lowest BCUT2D eigenvalue weighted by atomic mass is 9.83. The average Bonchev–Trinajstić information content (AvgIpc) is 3.69. The molecule has 20 nitrogen and oxygen atoms in total. The average molecular weight is 799 g/mol. The molecule has 9 atom stereocenters. The fourth-order valence-electron chi connectivity index (χ4n) is 6.83. The van der Waals surface area contributed by atoms with Crippen molar-refractivity contribution in [2.45, 2.75) is 81.1 Å². The van der Waals surface area contributed by atoms with Crippen molar-refractivity contribution in [2.75, 3.05) is 53.1 Å². The molecule has 20 heteroatoms. The van der Waals surface area contributed by atoms with Crippen molar-refractivity contribution in [3.63, 3.8) is 0 Å². The number of nitrogens with two attached hydrogens (primary N) is 1. The molecule has 1 saturated carbocycles. The lowest BCUT2D eigenvalue weighted by Crippen LogP contribution is -3.09. The Morgan fingerprint density at radius 3 is 2.52 bits per heavy atom. The van der Waals surface area contributed by atoms with Crippen molar-refractivity contribution >= 4 is 17.9 Å². The Morgan fingerprint density at radius 1 is 1.18 bits per heavy atom. The molecule has 1 unspecified atom stereocenters. The van der Waals surface area contributed by atoms with Crippen LogP contribution in [0.5, 0.6) is 0 Å². The predicted octanol–water partition coefficient (Wildman–Crippen LogP) is -4.21. The van der Waals surface area contributed by atoms with E-state index in [2.05, 4.69) is 22.2 Å². The molecular weight excluding hydrogens is 742 g/mol. The van der Waals surface area contributed by atoms with Gasteiger partial charge in [0.05, 0.1) is 48.8 Å². The van der Waals surface area contributed by atoms with E-state index in [1.165, 1.54) is 13.1 Å². The highest BCUT2D eigenvalue weighted by atomic mass is 16.8. The Balaban J connectivity index is 1.76. The maximum absolute atomic E-state index is 13.8. The number of hydrogen-bond donors (Lipinski definition) is 12. The summed E-state index contributed by atoms with van der Waals surface area (Å²) in [5, 5.41) is 86.9. The van der Waals surface area contributed by atoms with Crippen molar-refractivity contribution in [1.29, 1.82) is 0 Å². The molecule has 56 heavy (non-hydrogen) atoms. The van der Waals surface area contributed by atoms with E-state index in [4.69, 9.17) is 34.5 Å². The van der Waals surface area contributed by atoms with Gasteiger partial charge in [0.2, 0.25) is 12.1 Å². The minimum Gasteiger partial charge on any atom is -0.478 e. The first kappa shape index (κ1) is 44.9. The van der Waals surface area contributed by atoms with E-state index in [9.17, 15) is 45.3 Å². The zero-order valence-electron chi connectivity index (χ0n) is 31.2. The summed E-state index contributed by atoms with van der Waals surface area (Å²) in [6.07, 6.45) is 0.631. The van der Waals surface area contributed by atoms with Crippen LogP contribution in [0.25, 0.3) is 0 Å². The van der Waals surface area contributed by atoms with Crippen LogP contribution in [-0.4, -0.2) is 161 Å². The molecule has 0 aromatic rings. The molecule has 0 amide bonds.